The maximum atomic E-state index is 2.30. The summed E-state index contributed by atoms with van der Waals surface area (Å²) in [7, 11) is 0. The smallest absolute Gasteiger partial charge is 0.0414 e. The summed E-state index contributed by atoms with van der Waals surface area (Å²) in [5, 5.41) is 0. The van der Waals surface area contributed by atoms with E-state index in [4.69, 9.17) is 0 Å². The van der Waals surface area contributed by atoms with Gasteiger partial charge in [0.05, 0.1) is 0 Å². The number of unbranched alkanes of at least 4 members (excludes halogenated alkanes) is 2. The van der Waals surface area contributed by atoms with Crippen LogP contribution in [0.4, 0.5) is 0 Å². The van der Waals surface area contributed by atoms with E-state index in [1.165, 1.54) is 25.7 Å². The molecule has 0 heterocycles. The molecule has 0 N–H and O–H groups in total. The molecule has 0 saturated heterocycles. The maximum Gasteiger partial charge on any atom is -0.0414 e. The molecule has 0 aromatic heterocycles. The molecule has 1 fully saturated rings. The Hall–Kier alpha value is 0. The highest BCUT2D eigenvalue weighted by Crippen LogP contribution is 2.36. The molecule has 2 atom stereocenters. The van der Waals surface area contributed by atoms with Crippen molar-refractivity contribution < 1.29 is 0 Å². The molecule has 0 aromatic rings. The highest BCUT2D eigenvalue weighted by Gasteiger charge is 2.26. The summed E-state index contributed by atoms with van der Waals surface area (Å²) >= 11 is 0. The molecule has 0 nitrogen and oxygen atoms in total. The van der Waals surface area contributed by atoms with Crippen LogP contribution in [-0.2, 0) is 0 Å². The predicted octanol–water partition coefficient (Wildman–Crippen LogP) is 3.86. The fraction of sp³-hybridized carbons (Fsp3) is 1.00. The Bertz CT molecular complexity index is 58.4. The van der Waals surface area contributed by atoms with Gasteiger partial charge in [-0.1, -0.05) is 47.0 Å². The average molecular weight is 142 g/mol. The second-order valence-electron chi connectivity index (χ2n) is 3.54. The van der Waals surface area contributed by atoms with E-state index in [0.717, 1.165) is 11.8 Å². The molecular weight excluding hydrogens is 120 g/mol. The van der Waals surface area contributed by atoms with Crippen LogP contribution in [0.1, 0.15) is 53.4 Å². The highest BCUT2D eigenvalue weighted by molar-refractivity contribution is 4.76. The Labute approximate surface area is 66.0 Å². The summed E-state index contributed by atoms with van der Waals surface area (Å²) in [5.74, 6) is 2.10. The van der Waals surface area contributed by atoms with Gasteiger partial charge in [0.25, 0.3) is 0 Å². The molecule has 0 bridgehead atoms. The largest absolute Gasteiger partial charge is 0.0654 e. The molecule has 1 aliphatic carbocycles. The summed E-state index contributed by atoms with van der Waals surface area (Å²) in [6.07, 6.45) is 5.55. The minimum Gasteiger partial charge on any atom is -0.0654 e. The van der Waals surface area contributed by atoms with Gasteiger partial charge in [-0.15, -0.1) is 0 Å². The van der Waals surface area contributed by atoms with Gasteiger partial charge in [0, 0.05) is 0 Å². The molecule has 1 aliphatic rings. The fourth-order valence-electron chi connectivity index (χ4n) is 0.861. The predicted molar refractivity (Wildman–Crippen MR) is 48.1 cm³/mol. The van der Waals surface area contributed by atoms with Crippen molar-refractivity contribution in [1.82, 2.24) is 0 Å². The van der Waals surface area contributed by atoms with E-state index in [2.05, 4.69) is 27.7 Å². The van der Waals surface area contributed by atoms with E-state index >= 15 is 0 Å². The highest BCUT2D eigenvalue weighted by atomic mass is 14.3. The van der Waals surface area contributed by atoms with Gasteiger partial charge in [-0.05, 0) is 18.3 Å². The topological polar surface area (TPSA) is 0 Å². The van der Waals surface area contributed by atoms with Crippen molar-refractivity contribution in [2.45, 2.75) is 53.4 Å². The first kappa shape index (κ1) is 10.0. The molecule has 62 valence electrons. The van der Waals surface area contributed by atoms with Gasteiger partial charge in [-0.3, -0.25) is 0 Å². The van der Waals surface area contributed by atoms with Crippen LogP contribution in [-0.4, -0.2) is 0 Å². The van der Waals surface area contributed by atoms with Crippen LogP contribution in [0.25, 0.3) is 0 Å². The van der Waals surface area contributed by atoms with Crippen LogP contribution in [0.2, 0.25) is 0 Å². The Morgan fingerprint density at radius 2 is 1.30 bits per heavy atom. The maximum absolute atomic E-state index is 2.30. The van der Waals surface area contributed by atoms with Gasteiger partial charge in [-0.2, -0.15) is 0 Å². The van der Waals surface area contributed by atoms with Crippen LogP contribution in [0.5, 0.6) is 0 Å². The van der Waals surface area contributed by atoms with Crippen molar-refractivity contribution in [3.8, 4) is 0 Å². The summed E-state index contributed by atoms with van der Waals surface area (Å²) in [4.78, 5) is 0. The molecule has 0 aliphatic heterocycles. The lowest BCUT2D eigenvalue weighted by molar-refractivity contribution is 0.772. The second kappa shape index (κ2) is 5.76. The summed E-state index contributed by atoms with van der Waals surface area (Å²) in [5.41, 5.74) is 0. The van der Waals surface area contributed by atoms with Crippen LogP contribution >= 0.6 is 0 Å². The van der Waals surface area contributed by atoms with Crippen LogP contribution in [0, 0.1) is 11.8 Å². The molecule has 10 heavy (non-hydrogen) atoms. The molecule has 0 amide bonds. The van der Waals surface area contributed by atoms with Gasteiger partial charge in [-0.25, -0.2) is 0 Å². The lowest BCUT2D eigenvalue weighted by atomic mass is 10.3. The Morgan fingerprint density at radius 1 is 1.00 bits per heavy atom. The minimum absolute atomic E-state index is 1.05. The quantitative estimate of drug-likeness (QED) is 0.549. The molecule has 0 heteroatoms. The van der Waals surface area contributed by atoms with Crippen LogP contribution in [0.15, 0.2) is 0 Å². The standard InChI is InChI=1S/C5H10.C5H12/c1-4-3-5(4)2;1-3-5-4-2/h4-5H,3H2,1-2H3;3-5H2,1-2H3. The molecule has 0 spiro atoms. The third-order valence-corrected chi connectivity index (χ3v) is 2.22. The molecule has 1 rings (SSSR count). The molecule has 0 aromatic carbocycles. The third kappa shape index (κ3) is 6.12. The van der Waals surface area contributed by atoms with Gasteiger partial charge < -0.3 is 0 Å². The lowest BCUT2D eigenvalue weighted by Crippen LogP contribution is -1.59. The summed E-state index contributed by atoms with van der Waals surface area (Å²) < 4.78 is 0. The first-order valence-electron chi connectivity index (χ1n) is 4.72. The number of hydrogen-bond donors (Lipinski definition) is 0. The van der Waals surface area contributed by atoms with Crippen molar-refractivity contribution in [3.63, 3.8) is 0 Å². The third-order valence-electron chi connectivity index (χ3n) is 2.22. The first-order valence-corrected chi connectivity index (χ1v) is 4.72. The zero-order chi connectivity index (χ0) is 7.98. The monoisotopic (exact) mass is 142 g/mol. The summed E-state index contributed by atoms with van der Waals surface area (Å²) in [6.45, 7) is 9.02. The Balaban J connectivity index is 0.000000162. The van der Waals surface area contributed by atoms with E-state index < -0.39 is 0 Å². The van der Waals surface area contributed by atoms with Crippen LogP contribution < -0.4 is 0 Å². The average Bonchev–Trinajstić information content (AvgIpc) is 2.49. The number of hydrogen-bond acceptors (Lipinski definition) is 0. The van der Waals surface area contributed by atoms with Crippen LogP contribution in [0.3, 0.4) is 0 Å². The second-order valence-corrected chi connectivity index (χ2v) is 3.54. The van der Waals surface area contributed by atoms with Crippen molar-refractivity contribution in [1.29, 1.82) is 0 Å². The van der Waals surface area contributed by atoms with E-state index in [9.17, 15) is 0 Å². The molecule has 1 saturated carbocycles. The Kier molecular flexibility index (Phi) is 5.76. The zero-order valence-corrected chi connectivity index (χ0v) is 7.98. The van der Waals surface area contributed by atoms with Gasteiger partial charge >= 0.3 is 0 Å². The van der Waals surface area contributed by atoms with Gasteiger partial charge in [0.2, 0.25) is 0 Å². The first-order chi connectivity index (χ1) is 4.72. The van der Waals surface area contributed by atoms with E-state index in [1.807, 2.05) is 0 Å². The van der Waals surface area contributed by atoms with Crippen molar-refractivity contribution in [2.24, 2.45) is 11.8 Å². The minimum atomic E-state index is 1.05. The molecule has 2 unspecified atom stereocenters. The normalized spacial score (nSPS) is 28.8. The van der Waals surface area contributed by atoms with E-state index in [1.54, 1.807) is 0 Å². The van der Waals surface area contributed by atoms with Crippen molar-refractivity contribution in [2.75, 3.05) is 0 Å². The lowest BCUT2D eigenvalue weighted by Gasteiger charge is -1.79. The van der Waals surface area contributed by atoms with Gasteiger partial charge in [0.1, 0.15) is 0 Å². The molecular formula is C10H22. The van der Waals surface area contributed by atoms with E-state index in [-0.39, 0.29) is 0 Å². The zero-order valence-electron chi connectivity index (χ0n) is 7.98. The SMILES string of the molecule is CC1CC1C.CCCCC. The van der Waals surface area contributed by atoms with Crippen molar-refractivity contribution >= 4 is 0 Å². The number of rotatable bonds is 2. The molecule has 0 radical (unpaired) electrons. The fourth-order valence-corrected chi connectivity index (χ4v) is 0.861. The summed E-state index contributed by atoms with van der Waals surface area (Å²) in [6, 6.07) is 0. The van der Waals surface area contributed by atoms with E-state index in [0.29, 0.717) is 0 Å². The Morgan fingerprint density at radius 3 is 1.30 bits per heavy atom. The van der Waals surface area contributed by atoms with Gasteiger partial charge in [0.15, 0.2) is 0 Å². The van der Waals surface area contributed by atoms with Crippen molar-refractivity contribution in [3.05, 3.63) is 0 Å².